The van der Waals surface area contributed by atoms with Crippen molar-refractivity contribution in [2.24, 2.45) is 0 Å². The quantitative estimate of drug-likeness (QED) is 0.224. The first-order valence-corrected chi connectivity index (χ1v) is 10.7. The molecule has 0 radical (unpaired) electrons. The average Bonchev–Trinajstić information content (AvgIpc) is 3.06. The molecule has 0 unspecified atom stereocenters. The molecule has 0 bridgehead atoms. The van der Waals surface area contributed by atoms with Crippen molar-refractivity contribution in [2.45, 2.75) is 40.0 Å². The number of hydrogen-bond acceptors (Lipinski definition) is 9. The average molecular weight is 477 g/mol. The predicted molar refractivity (Wildman–Crippen MR) is 125 cm³/mol. The second-order valence-corrected chi connectivity index (χ2v) is 8.80. The number of hydrogen-bond donors (Lipinski definition) is 4. The summed E-state index contributed by atoms with van der Waals surface area (Å²) in [6.45, 7) is 6.90. The van der Waals surface area contributed by atoms with Gasteiger partial charge in [-0.05, 0) is 52.8 Å². The van der Waals surface area contributed by atoms with Crippen molar-refractivity contribution in [1.82, 2.24) is 0 Å². The zero-order valence-corrected chi connectivity index (χ0v) is 19.7. The molecule has 35 heavy (non-hydrogen) atoms. The van der Waals surface area contributed by atoms with E-state index in [9.17, 15) is 34.5 Å². The molecular weight excluding hydrogens is 454 g/mol. The Morgan fingerprint density at radius 1 is 1.00 bits per heavy atom. The van der Waals surface area contributed by atoms with Crippen LogP contribution < -0.4 is 10.1 Å². The molecule has 1 atom stereocenters. The van der Waals surface area contributed by atoms with E-state index in [1.54, 1.807) is 0 Å². The van der Waals surface area contributed by atoms with Crippen LogP contribution in [0, 0.1) is 6.92 Å². The van der Waals surface area contributed by atoms with Gasteiger partial charge in [-0.2, -0.15) is 0 Å². The molecule has 4 rings (SSSR count). The maximum absolute atomic E-state index is 13.8. The summed E-state index contributed by atoms with van der Waals surface area (Å²) in [6, 6.07) is 4.20. The Hall–Kier alpha value is -4.40. The minimum Gasteiger partial charge on any atom is -0.507 e. The number of fused-ring (bicyclic) bond motifs is 3. The lowest BCUT2D eigenvalue weighted by Crippen LogP contribution is -2.40. The first kappa shape index (κ1) is 23.7. The van der Waals surface area contributed by atoms with Gasteiger partial charge in [0.2, 0.25) is 0 Å². The van der Waals surface area contributed by atoms with E-state index in [1.165, 1.54) is 52.8 Å². The number of carbonyl (C=O) groups excluding carboxylic acids is 4. The Balaban J connectivity index is 1.88. The fraction of sp³-hybridized carbons (Fsp3) is 0.231. The van der Waals surface area contributed by atoms with E-state index in [4.69, 9.17) is 4.74 Å². The van der Waals surface area contributed by atoms with E-state index < -0.39 is 34.3 Å². The number of benzene rings is 2. The minimum atomic E-state index is -1.63. The van der Waals surface area contributed by atoms with Crippen molar-refractivity contribution in [1.29, 1.82) is 0 Å². The van der Waals surface area contributed by atoms with Gasteiger partial charge in [-0.15, -0.1) is 0 Å². The van der Waals surface area contributed by atoms with E-state index >= 15 is 0 Å². The molecule has 2 aliphatic rings. The summed E-state index contributed by atoms with van der Waals surface area (Å²) in [7, 11) is 0. The summed E-state index contributed by atoms with van der Waals surface area (Å²) in [4.78, 5) is 50.8. The third kappa shape index (κ3) is 3.30. The highest BCUT2D eigenvalue weighted by atomic mass is 16.5. The van der Waals surface area contributed by atoms with Crippen molar-refractivity contribution >= 4 is 28.8 Å². The third-order valence-electron chi connectivity index (χ3n) is 6.47. The van der Waals surface area contributed by atoms with Crippen LogP contribution in [0.5, 0.6) is 23.0 Å². The fourth-order valence-electron chi connectivity index (χ4n) is 4.54. The summed E-state index contributed by atoms with van der Waals surface area (Å²) in [5, 5.41) is 34.1. The van der Waals surface area contributed by atoms with Gasteiger partial charge < -0.3 is 25.4 Å². The Bertz CT molecular complexity index is 1450. The van der Waals surface area contributed by atoms with E-state index in [2.05, 4.69) is 5.32 Å². The van der Waals surface area contributed by atoms with Crippen LogP contribution in [0.15, 0.2) is 41.3 Å². The molecule has 0 aromatic heterocycles. The van der Waals surface area contributed by atoms with Gasteiger partial charge in [0, 0.05) is 23.0 Å². The van der Waals surface area contributed by atoms with Crippen LogP contribution in [0.2, 0.25) is 0 Å². The van der Waals surface area contributed by atoms with Gasteiger partial charge in [0.15, 0.2) is 23.1 Å². The summed E-state index contributed by atoms with van der Waals surface area (Å²) in [5.74, 6) is -3.53. The Morgan fingerprint density at radius 2 is 1.66 bits per heavy atom. The largest absolute Gasteiger partial charge is 0.507 e. The van der Waals surface area contributed by atoms with Gasteiger partial charge in [0.05, 0.1) is 16.7 Å². The summed E-state index contributed by atoms with van der Waals surface area (Å²) in [5.41, 5.74) is -1.42. The SMILES string of the molecule is CC(=O)c1cc(N/C(C)=C2\C(=O)C=C3Oc4c(C(C)=O)c(O)c(C)c(O)c4[C@@]3(C)C2=O)ccc1O. The van der Waals surface area contributed by atoms with Gasteiger partial charge in [0.25, 0.3) is 0 Å². The lowest BCUT2D eigenvalue weighted by atomic mass is 9.70. The monoisotopic (exact) mass is 477 g/mol. The number of nitrogens with one attached hydrogen (secondary N) is 1. The Morgan fingerprint density at radius 3 is 2.26 bits per heavy atom. The number of aromatic hydroxyl groups is 3. The molecule has 0 spiro atoms. The number of Topliss-reactive ketones (excluding diaryl/α,β-unsaturated/α-hetero) is 3. The number of phenolic OH excluding ortho intramolecular Hbond substituents is 3. The molecule has 9 nitrogen and oxygen atoms in total. The highest BCUT2D eigenvalue weighted by Crippen LogP contribution is 2.57. The van der Waals surface area contributed by atoms with Crippen LogP contribution in [-0.2, 0) is 15.0 Å². The topological polar surface area (TPSA) is 150 Å². The van der Waals surface area contributed by atoms with Gasteiger partial charge >= 0.3 is 0 Å². The number of rotatable bonds is 4. The molecule has 2 aromatic rings. The molecule has 0 saturated carbocycles. The minimum absolute atomic E-state index is 0.00412. The van der Waals surface area contributed by atoms with Crippen molar-refractivity contribution < 1.29 is 39.2 Å². The Kier molecular flexibility index (Phi) is 5.31. The van der Waals surface area contributed by atoms with Gasteiger partial charge in [-0.25, -0.2) is 0 Å². The van der Waals surface area contributed by atoms with Crippen LogP contribution in [0.4, 0.5) is 5.69 Å². The molecular formula is C26H23NO8. The number of anilines is 1. The zero-order chi connectivity index (χ0) is 26.0. The van der Waals surface area contributed by atoms with E-state index in [0.717, 1.165) is 6.08 Å². The smallest absolute Gasteiger partial charge is 0.194 e. The van der Waals surface area contributed by atoms with E-state index in [-0.39, 0.29) is 56.6 Å². The molecule has 1 heterocycles. The van der Waals surface area contributed by atoms with Crippen molar-refractivity contribution in [2.75, 3.05) is 5.32 Å². The molecule has 9 heteroatoms. The van der Waals surface area contributed by atoms with Crippen molar-refractivity contribution in [3.05, 3.63) is 63.6 Å². The number of carbonyl (C=O) groups is 4. The fourth-order valence-corrected chi connectivity index (χ4v) is 4.54. The zero-order valence-electron chi connectivity index (χ0n) is 19.7. The molecule has 1 aliphatic carbocycles. The predicted octanol–water partition coefficient (Wildman–Crippen LogP) is 3.59. The Labute approximate surface area is 200 Å². The normalized spacial score (nSPS) is 20.0. The molecule has 180 valence electrons. The second kappa shape index (κ2) is 7.83. The van der Waals surface area contributed by atoms with Gasteiger partial charge in [0.1, 0.15) is 39.7 Å². The number of ether oxygens (including phenoxy) is 1. The van der Waals surface area contributed by atoms with Crippen LogP contribution in [-0.4, -0.2) is 38.5 Å². The van der Waals surface area contributed by atoms with Gasteiger partial charge in [-0.1, -0.05) is 0 Å². The number of allylic oxidation sites excluding steroid dienone is 4. The van der Waals surface area contributed by atoms with E-state index in [0.29, 0.717) is 5.69 Å². The summed E-state index contributed by atoms with van der Waals surface area (Å²) >= 11 is 0. The van der Waals surface area contributed by atoms with Crippen LogP contribution in [0.25, 0.3) is 0 Å². The van der Waals surface area contributed by atoms with Crippen LogP contribution >= 0.6 is 0 Å². The highest BCUT2D eigenvalue weighted by molar-refractivity contribution is 6.31. The van der Waals surface area contributed by atoms with Crippen LogP contribution in [0.3, 0.4) is 0 Å². The molecule has 0 fully saturated rings. The van der Waals surface area contributed by atoms with Crippen molar-refractivity contribution in [3.63, 3.8) is 0 Å². The lowest BCUT2D eigenvalue weighted by molar-refractivity contribution is -0.123. The first-order valence-electron chi connectivity index (χ1n) is 10.7. The lowest BCUT2D eigenvalue weighted by Gasteiger charge is -2.29. The molecule has 0 saturated heterocycles. The second-order valence-electron chi connectivity index (χ2n) is 8.80. The molecule has 1 aliphatic heterocycles. The molecule has 2 aromatic carbocycles. The van der Waals surface area contributed by atoms with Gasteiger partial charge in [-0.3, -0.25) is 19.2 Å². The summed E-state index contributed by atoms with van der Waals surface area (Å²) < 4.78 is 5.74. The standard InChI is InChI=1S/C26H23NO8/c1-10-22(32)20(13(4)29)24-21(23(10)33)26(5)18(35-24)9-17(31)19(25(26)34)11(2)27-14-6-7-16(30)15(8-14)12(3)28/h6-9,27,30,32-33H,1-5H3/b19-11+/t26-/m0/s1. The first-order chi connectivity index (χ1) is 16.3. The highest BCUT2D eigenvalue weighted by Gasteiger charge is 2.56. The summed E-state index contributed by atoms with van der Waals surface area (Å²) in [6.07, 6.45) is 1.12. The maximum atomic E-state index is 13.8. The van der Waals surface area contributed by atoms with Crippen molar-refractivity contribution in [3.8, 4) is 23.0 Å². The molecule has 4 N–H and O–H groups in total. The number of ketones is 4. The maximum Gasteiger partial charge on any atom is 0.194 e. The number of phenols is 3. The van der Waals surface area contributed by atoms with E-state index in [1.807, 2.05) is 0 Å². The molecule has 0 amide bonds. The third-order valence-corrected chi connectivity index (χ3v) is 6.47. The van der Waals surface area contributed by atoms with Crippen LogP contribution in [0.1, 0.15) is 59.5 Å².